The van der Waals surface area contributed by atoms with E-state index in [0.29, 0.717) is 12.2 Å². The third-order valence-corrected chi connectivity index (χ3v) is 2.02. The largest absolute Gasteiger partial charge is 0.382 e. The van der Waals surface area contributed by atoms with E-state index in [-0.39, 0.29) is 18.1 Å². The summed E-state index contributed by atoms with van der Waals surface area (Å²) in [4.78, 5) is 23.7. The minimum Gasteiger partial charge on any atom is -0.382 e. The second-order valence-electron chi connectivity index (χ2n) is 3.09. The van der Waals surface area contributed by atoms with Crippen molar-refractivity contribution in [2.45, 2.75) is 6.42 Å². The highest BCUT2D eigenvalue weighted by Crippen LogP contribution is 2.16. The van der Waals surface area contributed by atoms with Gasteiger partial charge in [0, 0.05) is 19.0 Å². The second-order valence-corrected chi connectivity index (χ2v) is 3.09. The molecule has 15 heavy (non-hydrogen) atoms. The quantitative estimate of drug-likeness (QED) is 0.646. The van der Waals surface area contributed by atoms with E-state index in [1.54, 1.807) is 0 Å². The molecular weight excluding hydrogens is 198 g/mol. The maximum Gasteiger partial charge on any atom is 0.328 e. The lowest BCUT2D eigenvalue weighted by atomic mass is 10.3. The molecule has 7 nitrogen and oxygen atoms in total. The Bertz CT molecular complexity index is 419. The third kappa shape index (κ3) is 1.85. The number of nitrogens with zero attached hydrogens (tertiary/aromatic N) is 3. The molecule has 0 bridgehead atoms. The maximum atomic E-state index is 11.4. The molecule has 0 aromatic carbocycles. The normalized spacial score (nSPS) is 16.4. The fourth-order valence-corrected chi connectivity index (χ4v) is 1.33. The Balaban J connectivity index is 2.24. The van der Waals surface area contributed by atoms with Crippen LogP contribution in [0.2, 0.25) is 0 Å². The zero-order chi connectivity index (χ0) is 10.8. The van der Waals surface area contributed by atoms with E-state index in [1.807, 2.05) is 0 Å². The fourth-order valence-electron chi connectivity index (χ4n) is 1.33. The lowest BCUT2D eigenvalue weighted by Gasteiger charge is -2.25. The van der Waals surface area contributed by atoms with Gasteiger partial charge in [0.15, 0.2) is 0 Å². The van der Waals surface area contributed by atoms with Crippen molar-refractivity contribution in [3.05, 3.63) is 12.3 Å². The van der Waals surface area contributed by atoms with Crippen LogP contribution in [0.15, 0.2) is 12.3 Å². The van der Waals surface area contributed by atoms with Crippen LogP contribution in [0.25, 0.3) is 0 Å². The van der Waals surface area contributed by atoms with Crippen LogP contribution >= 0.6 is 0 Å². The van der Waals surface area contributed by atoms with Gasteiger partial charge >= 0.3 is 6.03 Å². The average Bonchev–Trinajstić information content (AvgIpc) is 2.17. The standard InChI is InChI=1S/C8H9N5O2/c9-6-3-5(4-10-12-6)13-2-1-7(14)11-8(13)15/h3-4H,1-2H2,(H2,9,12)(H,11,14,15). The number of imide groups is 1. The topological polar surface area (TPSA) is 101 Å². The smallest absolute Gasteiger partial charge is 0.328 e. The van der Waals surface area contributed by atoms with Gasteiger partial charge in [-0.3, -0.25) is 15.0 Å². The Morgan fingerprint density at radius 1 is 1.47 bits per heavy atom. The molecule has 1 aromatic heterocycles. The highest BCUT2D eigenvalue weighted by molar-refractivity contribution is 6.05. The highest BCUT2D eigenvalue weighted by Gasteiger charge is 2.24. The number of nitrogen functional groups attached to an aromatic ring is 1. The lowest BCUT2D eigenvalue weighted by molar-refractivity contribution is -0.120. The van der Waals surface area contributed by atoms with Gasteiger partial charge < -0.3 is 5.73 Å². The number of anilines is 2. The first kappa shape index (κ1) is 9.38. The number of nitrogens with one attached hydrogen (secondary N) is 1. The van der Waals surface area contributed by atoms with Gasteiger partial charge in [0.05, 0.1) is 11.9 Å². The van der Waals surface area contributed by atoms with Crippen molar-refractivity contribution in [1.82, 2.24) is 15.5 Å². The summed E-state index contributed by atoms with van der Waals surface area (Å²) in [5.74, 6) is -0.0385. The van der Waals surface area contributed by atoms with Crippen molar-refractivity contribution in [1.29, 1.82) is 0 Å². The molecule has 0 saturated carbocycles. The molecular formula is C8H9N5O2. The Labute approximate surface area is 85.3 Å². The molecule has 0 atom stereocenters. The summed E-state index contributed by atoms with van der Waals surface area (Å²) in [6, 6.07) is 1.07. The molecule has 1 fully saturated rings. The molecule has 0 radical (unpaired) electrons. The summed E-state index contributed by atoms with van der Waals surface area (Å²) in [5.41, 5.74) is 5.97. The Morgan fingerprint density at radius 3 is 2.93 bits per heavy atom. The van der Waals surface area contributed by atoms with Gasteiger partial charge in [-0.15, -0.1) is 5.10 Å². The molecule has 3 N–H and O–H groups in total. The number of aromatic nitrogens is 2. The van der Waals surface area contributed by atoms with Crippen LogP contribution in [0, 0.1) is 0 Å². The van der Waals surface area contributed by atoms with Crippen LogP contribution in [-0.4, -0.2) is 28.7 Å². The van der Waals surface area contributed by atoms with Crippen LogP contribution < -0.4 is 16.0 Å². The number of urea groups is 1. The van der Waals surface area contributed by atoms with E-state index in [4.69, 9.17) is 5.73 Å². The van der Waals surface area contributed by atoms with Crippen molar-refractivity contribution in [2.24, 2.45) is 0 Å². The van der Waals surface area contributed by atoms with Gasteiger partial charge in [-0.25, -0.2) is 4.79 Å². The molecule has 0 unspecified atom stereocenters. The molecule has 0 aliphatic carbocycles. The minimum absolute atomic E-state index is 0.234. The van der Waals surface area contributed by atoms with Gasteiger partial charge in [-0.2, -0.15) is 5.10 Å². The number of hydrogen-bond donors (Lipinski definition) is 2. The Hall–Kier alpha value is -2.18. The predicted octanol–water partition coefficient (Wildman–Crippen LogP) is -0.495. The van der Waals surface area contributed by atoms with Crippen LogP contribution in [-0.2, 0) is 4.79 Å². The molecule has 7 heteroatoms. The summed E-state index contributed by atoms with van der Waals surface area (Å²) >= 11 is 0. The van der Waals surface area contributed by atoms with Crippen LogP contribution in [0.1, 0.15) is 6.42 Å². The van der Waals surface area contributed by atoms with Crippen molar-refractivity contribution < 1.29 is 9.59 Å². The van der Waals surface area contributed by atoms with Crippen LogP contribution in [0.5, 0.6) is 0 Å². The van der Waals surface area contributed by atoms with E-state index in [2.05, 4.69) is 15.5 Å². The Morgan fingerprint density at radius 2 is 2.27 bits per heavy atom. The van der Waals surface area contributed by atoms with E-state index >= 15 is 0 Å². The summed E-state index contributed by atoms with van der Waals surface area (Å²) in [6.07, 6.45) is 1.69. The van der Waals surface area contributed by atoms with Gasteiger partial charge in [-0.1, -0.05) is 0 Å². The van der Waals surface area contributed by atoms with Gasteiger partial charge in [0.1, 0.15) is 5.82 Å². The number of hydrogen-bond acceptors (Lipinski definition) is 5. The number of carbonyl (C=O) groups excluding carboxylic acids is 2. The molecule has 1 aliphatic heterocycles. The molecule has 3 amide bonds. The summed E-state index contributed by atoms with van der Waals surface area (Å²) in [6.45, 7) is 0.329. The number of nitrogens with two attached hydrogens (primary N) is 1. The number of amides is 3. The number of rotatable bonds is 1. The van der Waals surface area contributed by atoms with Crippen molar-refractivity contribution >= 4 is 23.4 Å². The highest BCUT2D eigenvalue weighted by atomic mass is 16.2. The van der Waals surface area contributed by atoms with Crippen LogP contribution in [0.4, 0.5) is 16.3 Å². The SMILES string of the molecule is Nc1cc(N2CCC(=O)NC2=O)cnn1. The lowest BCUT2D eigenvalue weighted by Crippen LogP contribution is -2.49. The summed E-state index contributed by atoms with van der Waals surface area (Å²) in [7, 11) is 0. The minimum atomic E-state index is -0.460. The third-order valence-electron chi connectivity index (χ3n) is 2.02. The van der Waals surface area contributed by atoms with E-state index in [9.17, 15) is 9.59 Å². The predicted molar refractivity (Wildman–Crippen MR) is 51.9 cm³/mol. The number of carbonyl (C=O) groups is 2. The molecule has 1 aliphatic rings. The van der Waals surface area contributed by atoms with E-state index < -0.39 is 6.03 Å². The first-order chi connectivity index (χ1) is 7.16. The van der Waals surface area contributed by atoms with Crippen molar-refractivity contribution in [3.63, 3.8) is 0 Å². The molecule has 1 aromatic rings. The fraction of sp³-hybridized carbons (Fsp3) is 0.250. The zero-order valence-corrected chi connectivity index (χ0v) is 7.80. The first-order valence-corrected chi connectivity index (χ1v) is 4.36. The Kier molecular flexibility index (Phi) is 2.20. The molecule has 2 rings (SSSR count). The van der Waals surface area contributed by atoms with Gasteiger partial charge in [-0.05, 0) is 0 Å². The molecule has 1 saturated heterocycles. The summed E-state index contributed by atoms with van der Waals surface area (Å²) in [5, 5.41) is 9.41. The molecule has 78 valence electrons. The second kappa shape index (κ2) is 3.52. The van der Waals surface area contributed by atoms with E-state index in [1.165, 1.54) is 17.2 Å². The van der Waals surface area contributed by atoms with Gasteiger partial charge in [0.25, 0.3) is 0 Å². The molecule has 0 spiro atoms. The monoisotopic (exact) mass is 207 g/mol. The average molecular weight is 207 g/mol. The van der Waals surface area contributed by atoms with E-state index in [0.717, 1.165) is 0 Å². The first-order valence-electron chi connectivity index (χ1n) is 4.36. The van der Waals surface area contributed by atoms with Gasteiger partial charge in [0.2, 0.25) is 5.91 Å². The maximum absolute atomic E-state index is 11.4. The zero-order valence-electron chi connectivity index (χ0n) is 7.80. The van der Waals surface area contributed by atoms with Crippen molar-refractivity contribution in [3.8, 4) is 0 Å². The van der Waals surface area contributed by atoms with Crippen LogP contribution in [0.3, 0.4) is 0 Å². The molecule has 2 heterocycles. The van der Waals surface area contributed by atoms with Crippen molar-refractivity contribution in [2.75, 3.05) is 17.2 Å². The summed E-state index contributed by atoms with van der Waals surface area (Å²) < 4.78 is 0.